The normalized spacial score (nSPS) is 13.5. The van der Waals surface area contributed by atoms with Crippen LogP contribution in [0.2, 0.25) is 0 Å². The van der Waals surface area contributed by atoms with Gasteiger partial charge in [0.1, 0.15) is 13.2 Å². The minimum absolute atomic E-state index is 0.140. The maximum Gasteiger partial charge on any atom is 0.306 e. The SMILES string of the molecule is CC\C=C/C=C\C=C/C=C\C=C\C=C/C=C\CCCCCC(=O)OCC(COC(=O)CC/C=C\C/C=C\C/C=C\C/C=C\C/C=C\CC)OC(=O)CCCCCCC/C=C\C=C/CCCCCCCCC. The second kappa shape index (κ2) is 57.3. The summed E-state index contributed by atoms with van der Waals surface area (Å²) in [5.41, 5.74) is 0. The Morgan fingerprint density at radius 2 is 0.648 bits per heavy atom. The van der Waals surface area contributed by atoms with E-state index in [1.54, 1.807) is 0 Å². The van der Waals surface area contributed by atoms with E-state index in [1.165, 1.54) is 44.9 Å². The Morgan fingerprint density at radius 1 is 0.310 bits per heavy atom. The van der Waals surface area contributed by atoms with Crippen molar-refractivity contribution in [1.29, 1.82) is 0 Å². The Labute approximate surface area is 434 Å². The number of ether oxygens (including phenoxy) is 3. The van der Waals surface area contributed by atoms with Gasteiger partial charge in [0.05, 0.1) is 0 Å². The van der Waals surface area contributed by atoms with E-state index in [0.29, 0.717) is 12.8 Å². The second-order valence-electron chi connectivity index (χ2n) is 17.6. The lowest BCUT2D eigenvalue weighted by Gasteiger charge is -2.18. The van der Waals surface area contributed by atoms with Crippen LogP contribution in [-0.2, 0) is 28.6 Å². The first-order valence-electron chi connectivity index (χ1n) is 27.8. The standard InChI is InChI=1S/C65H98O6/c1-4-7-10-13-16-19-22-25-28-31-33-35-37-40-43-46-49-52-55-58-64(67)70-61-62(60-69-63(66)57-54-51-48-45-42-39-36-30-27-24-21-18-15-12-9-6-3)71-65(68)59-56-53-50-47-44-41-38-34-32-29-26-23-20-17-14-11-8-5-2/h7,9-10,12-13,16,18-19,21-22,25,27-35,37-40,42-43,48,51,62H,4-6,8,11,14-15,17,20,23-24,26,36,41,44-47,49-50,52-61H2,1-3H3/b10-7-,12-9-,16-13-,21-18-,22-19-,28-25-,30-27-,32-29-,33-31+,37-35-,38-34-,42-39-,43-40-,51-48-. The van der Waals surface area contributed by atoms with Crippen molar-refractivity contribution in [3.8, 4) is 0 Å². The molecule has 0 saturated carbocycles. The number of hydrogen-bond acceptors (Lipinski definition) is 6. The van der Waals surface area contributed by atoms with Gasteiger partial charge in [-0.15, -0.1) is 0 Å². The maximum atomic E-state index is 12.9. The van der Waals surface area contributed by atoms with E-state index < -0.39 is 6.10 Å². The summed E-state index contributed by atoms with van der Waals surface area (Å²) in [5, 5.41) is 0. The zero-order valence-electron chi connectivity index (χ0n) is 44.9. The fraction of sp³-hybridized carbons (Fsp3) is 0.523. The summed E-state index contributed by atoms with van der Waals surface area (Å²) in [6, 6.07) is 0. The van der Waals surface area contributed by atoms with Gasteiger partial charge in [-0.3, -0.25) is 14.4 Å². The van der Waals surface area contributed by atoms with Gasteiger partial charge in [-0.2, -0.15) is 0 Å². The van der Waals surface area contributed by atoms with Crippen molar-refractivity contribution in [2.75, 3.05) is 13.2 Å². The molecule has 0 aliphatic carbocycles. The van der Waals surface area contributed by atoms with Crippen LogP contribution in [0.15, 0.2) is 170 Å². The quantitative estimate of drug-likeness (QED) is 0.0199. The molecule has 71 heavy (non-hydrogen) atoms. The maximum absolute atomic E-state index is 12.9. The van der Waals surface area contributed by atoms with Gasteiger partial charge in [-0.25, -0.2) is 0 Å². The molecule has 1 unspecified atom stereocenters. The van der Waals surface area contributed by atoms with Crippen LogP contribution in [-0.4, -0.2) is 37.2 Å². The van der Waals surface area contributed by atoms with E-state index in [9.17, 15) is 14.4 Å². The number of allylic oxidation sites excluding steroid dienone is 28. The molecule has 1 atom stereocenters. The Hall–Kier alpha value is -5.23. The lowest BCUT2D eigenvalue weighted by atomic mass is 10.1. The van der Waals surface area contributed by atoms with E-state index in [2.05, 4.69) is 106 Å². The molecule has 0 aliphatic heterocycles. The first-order chi connectivity index (χ1) is 35.0. The Bertz CT molecular complexity index is 1690. The van der Waals surface area contributed by atoms with Crippen molar-refractivity contribution in [1.82, 2.24) is 0 Å². The summed E-state index contributed by atoms with van der Waals surface area (Å²) in [6.07, 6.45) is 84.9. The number of carbonyl (C=O) groups excluding carboxylic acids is 3. The second-order valence-corrected chi connectivity index (χ2v) is 17.6. The monoisotopic (exact) mass is 975 g/mol. The van der Waals surface area contributed by atoms with E-state index in [0.717, 1.165) is 103 Å². The van der Waals surface area contributed by atoms with E-state index >= 15 is 0 Å². The molecule has 0 fully saturated rings. The molecule has 0 amide bonds. The van der Waals surface area contributed by atoms with Gasteiger partial charge in [0.15, 0.2) is 6.10 Å². The fourth-order valence-corrected chi connectivity index (χ4v) is 6.82. The molecule has 0 bridgehead atoms. The number of unbranched alkanes of at least 4 members (excludes halogenated alkanes) is 15. The van der Waals surface area contributed by atoms with Gasteiger partial charge < -0.3 is 14.2 Å². The Balaban J connectivity index is 4.66. The van der Waals surface area contributed by atoms with Crippen molar-refractivity contribution in [3.05, 3.63) is 170 Å². The van der Waals surface area contributed by atoms with Crippen molar-refractivity contribution in [3.63, 3.8) is 0 Å². The van der Waals surface area contributed by atoms with Crippen molar-refractivity contribution in [2.45, 2.75) is 207 Å². The summed E-state index contributed by atoms with van der Waals surface area (Å²) in [6.45, 7) is 6.23. The average molecular weight is 975 g/mol. The molecular formula is C65H98O6. The predicted molar refractivity (Wildman–Crippen MR) is 306 cm³/mol. The first kappa shape index (κ1) is 65.8. The zero-order valence-corrected chi connectivity index (χ0v) is 44.9. The molecule has 0 spiro atoms. The molecule has 0 radical (unpaired) electrons. The van der Waals surface area contributed by atoms with Gasteiger partial charge in [-0.1, -0.05) is 255 Å². The molecule has 6 nitrogen and oxygen atoms in total. The van der Waals surface area contributed by atoms with E-state index in [4.69, 9.17) is 14.2 Å². The molecule has 0 saturated heterocycles. The highest BCUT2D eigenvalue weighted by Crippen LogP contribution is 2.12. The summed E-state index contributed by atoms with van der Waals surface area (Å²) in [5.74, 6) is -1.09. The number of rotatable bonds is 47. The molecule has 0 N–H and O–H groups in total. The lowest BCUT2D eigenvalue weighted by Crippen LogP contribution is -2.30. The molecule has 0 aliphatic rings. The van der Waals surface area contributed by atoms with Crippen molar-refractivity contribution < 1.29 is 28.6 Å². The number of esters is 3. The summed E-state index contributed by atoms with van der Waals surface area (Å²) in [4.78, 5) is 38.1. The van der Waals surface area contributed by atoms with Crippen LogP contribution in [0.4, 0.5) is 0 Å². The smallest absolute Gasteiger partial charge is 0.306 e. The fourth-order valence-electron chi connectivity index (χ4n) is 6.82. The van der Waals surface area contributed by atoms with Crippen LogP contribution >= 0.6 is 0 Å². The largest absolute Gasteiger partial charge is 0.462 e. The van der Waals surface area contributed by atoms with Crippen LogP contribution in [0.5, 0.6) is 0 Å². The van der Waals surface area contributed by atoms with Gasteiger partial charge in [0.25, 0.3) is 0 Å². The molecule has 0 heterocycles. The molecular weight excluding hydrogens is 877 g/mol. The third-order valence-corrected chi connectivity index (χ3v) is 10.9. The Morgan fingerprint density at radius 3 is 1.11 bits per heavy atom. The predicted octanol–water partition coefficient (Wildman–Crippen LogP) is 18.8. The number of carbonyl (C=O) groups is 3. The molecule has 0 aromatic heterocycles. The third-order valence-electron chi connectivity index (χ3n) is 10.9. The van der Waals surface area contributed by atoms with Crippen LogP contribution in [0, 0.1) is 0 Å². The molecule has 0 aromatic carbocycles. The van der Waals surface area contributed by atoms with Crippen LogP contribution in [0.25, 0.3) is 0 Å². The van der Waals surface area contributed by atoms with Crippen molar-refractivity contribution >= 4 is 17.9 Å². The van der Waals surface area contributed by atoms with Crippen LogP contribution in [0.3, 0.4) is 0 Å². The average Bonchev–Trinajstić information content (AvgIpc) is 3.37. The van der Waals surface area contributed by atoms with Crippen molar-refractivity contribution in [2.24, 2.45) is 0 Å². The molecule has 6 heteroatoms. The summed E-state index contributed by atoms with van der Waals surface area (Å²) in [7, 11) is 0. The first-order valence-corrected chi connectivity index (χ1v) is 27.8. The van der Waals surface area contributed by atoms with Crippen LogP contribution < -0.4 is 0 Å². The zero-order chi connectivity index (χ0) is 51.4. The van der Waals surface area contributed by atoms with E-state index in [1.807, 2.05) is 85.1 Å². The minimum atomic E-state index is -0.846. The Kier molecular flexibility index (Phi) is 53.1. The lowest BCUT2D eigenvalue weighted by molar-refractivity contribution is -0.166. The van der Waals surface area contributed by atoms with Gasteiger partial charge in [0.2, 0.25) is 0 Å². The minimum Gasteiger partial charge on any atom is -0.462 e. The summed E-state index contributed by atoms with van der Waals surface area (Å²) < 4.78 is 16.7. The molecule has 0 aromatic rings. The highest BCUT2D eigenvalue weighted by molar-refractivity contribution is 5.71. The summed E-state index contributed by atoms with van der Waals surface area (Å²) >= 11 is 0. The van der Waals surface area contributed by atoms with Crippen LogP contribution in [0.1, 0.15) is 201 Å². The van der Waals surface area contributed by atoms with Gasteiger partial charge in [-0.05, 0) is 96.3 Å². The number of hydrogen-bond donors (Lipinski definition) is 0. The highest BCUT2D eigenvalue weighted by atomic mass is 16.6. The van der Waals surface area contributed by atoms with Gasteiger partial charge >= 0.3 is 17.9 Å². The topological polar surface area (TPSA) is 78.9 Å². The van der Waals surface area contributed by atoms with Gasteiger partial charge in [0, 0.05) is 19.3 Å². The highest BCUT2D eigenvalue weighted by Gasteiger charge is 2.19. The molecule has 394 valence electrons. The third kappa shape index (κ3) is 55.6. The molecule has 0 rings (SSSR count). The van der Waals surface area contributed by atoms with E-state index in [-0.39, 0.29) is 50.4 Å².